The van der Waals surface area contributed by atoms with Crippen LogP contribution in [-0.4, -0.2) is 18.2 Å². The minimum absolute atomic E-state index is 0.175. The van der Waals surface area contributed by atoms with E-state index in [9.17, 15) is 9.18 Å². The smallest absolute Gasteiger partial charge is 0.309 e. The van der Waals surface area contributed by atoms with E-state index in [4.69, 9.17) is 9.84 Å². The molecule has 0 aromatic heterocycles. The van der Waals surface area contributed by atoms with E-state index in [0.29, 0.717) is 17.7 Å². The summed E-state index contributed by atoms with van der Waals surface area (Å²) < 4.78 is 18.6. The molecule has 0 heterocycles. The average molecular weight is 240 g/mol. The lowest BCUT2D eigenvalue weighted by Gasteiger charge is -2.23. The summed E-state index contributed by atoms with van der Waals surface area (Å²) in [5, 5.41) is 9.14. The van der Waals surface area contributed by atoms with Gasteiger partial charge in [-0.05, 0) is 31.4 Å². The molecule has 0 spiro atoms. The van der Waals surface area contributed by atoms with Crippen molar-refractivity contribution in [2.24, 2.45) is 5.41 Å². The molecule has 0 aliphatic rings. The van der Waals surface area contributed by atoms with Gasteiger partial charge in [0.25, 0.3) is 0 Å². The number of hydrogen-bond donors (Lipinski definition) is 1. The quantitative estimate of drug-likeness (QED) is 0.860. The highest BCUT2D eigenvalue weighted by Crippen LogP contribution is 2.29. The Morgan fingerprint density at radius 3 is 2.59 bits per heavy atom. The standard InChI is InChI=1S/C13H17FO3/c1-4-13(2,12(15)16)8-9-5-6-10(17-3)7-11(9)14/h5-7H,4,8H2,1-3H3,(H,15,16). The summed E-state index contributed by atoms with van der Waals surface area (Å²) in [5.41, 5.74) is -0.535. The maximum atomic E-state index is 13.7. The molecule has 0 fully saturated rings. The van der Waals surface area contributed by atoms with Crippen LogP contribution in [0.4, 0.5) is 4.39 Å². The first-order chi connectivity index (χ1) is 7.92. The van der Waals surface area contributed by atoms with Crippen molar-refractivity contribution in [3.63, 3.8) is 0 Å². The first-order valence-corrected chi connectivity index (χ1v) is 5.48. The second-order valence-corrected chi connectivity index (χ2v) is 4.35. The third-order valence-electron chi connectivity index (χ3n) is 3.14. The Morgan fingerprint density at radius 2 is 2.18 bits per heavy atom. The van der Waals surface area contributed by atoms with Gasteiger partial charge in [0.05, 0.1) is 12.5 Å². The van der Waals surface area contributed by atoms with Crippen molar-refractivity contribution in [2.45, 2.75) is 26.7 Å². The van der Waals surface area contributed by atoms with Gasteiger partial charge >= 0.3 is 5.97 Å². The van der Waals surface area contributed by atoms with Crippen LogP contribution in [0.25, 0.3) is 0 Å². The van der Waals surface area contributed by atoms with E-state index in [1.165, 1.54) is 13.2 Å². The molecule has 0 aliphatic carbocycles. The number of carboxylic acids is 1. The zero-order chi connectivity index (χ0) is 13.1. The molecule has 0 saturated heterocycles. The van der Waals surface area contributed by atoms with E-state index in [2.05, 4.69) is 0 Å². The van der Waals surface area contributed by atoms with E-state index >= 15 is 0 Å². The zero-order valence-corrected chi connectivity index (χ0v) is 10.3. The summed E-state index contributed by atoms with van der Waals surface area (Å²) in [7, 11) is 1.46. The number of rotatable bonds is 5. The Labute approximate surface area is 100 Å². The second kappa shape index (κ2) is 5.17. The molecule has 1 N–H and O–H groups in total. The Morgan fingerprint density at radius 1 is 1.53 bits per heavy atom. The summed E-state index contributed by atoms with van der Waals surface area (Å²) >= 11 is 0. The van der Waals surface area contributed by atoms with E-state index in [1.54, 1.807) is 26.0 Å². The van der Waals surface area contributed by atoms with Gasteiger partial charge in [-0.1, -0.05) is 13.0 Å². The number of benzene rings is 1. The van der Waals surface area contributed by atoms with E-state index in [-0.39, 0.29) is 6.42 Å². The molecule has 0 bridgehead atoms. The molecule has 17 heavy (non-hydrogen) atoms. The van der Waals surface area contributed by atoms with Crippen molar-refractivity contribution in [2.75, 3.05) is 7.11 Å². The fourth-order valence-electron chi connectivity index (χ4n) is 1.57. The maximum Gasteiger partial charge on any atom is 0.309 e. The van der Waals surface area contributed by atoms with Gasteiger partial charge in [-0.3, -0.25) is 4.79 Å². The monoisotopic (exact) mass is 240 g/mol. The van der Waals surface area contributed by atoms with Crippen LogP contribution >= 0.6 is 0 Å². The molecule has 3 nitrogen and oxygen atoms in total. The number of ether oxygens (including phenoxy) is 1. The van der Waals surface area contributed by atoms with E-state index < -0.39 is 17.2 Å². The highest BCUT2D eigenvalue weighted by Gasteiger charge is 2.32. The lowest BCUT2D eigenvalue weighted by atomic mass is 9.81. The van der Waals surface area contributed by atoms with Gasteiger partial charge in [-0.15, -0.1) is 0 Å². The minimum Gasteiger partial charge on any atom is -0.497 e. The Hall–Kier alpha value is -1.58. The molecule has 1 rings (SSSR count). The predicted molar refractivity (Wildman–Crippen MR) is 62.7 cm³/mol. The number of aliphatic carboxylic acids is 1. The van der Waals surface area contributed by atoms with E-state index in [0.717, 1.165) is 0 Å². The van der Waals surface area contributed by atoms with Crippen LogP contribution < -0.4 is 4.74 Å². The highest BCUT2D eigenvalue weighted by molar-refractivity contribution is 5.74. The van der Waals surface area contributed by atoms with Crippen LogP contribution in [0, 0.1) is 11.2 Å². The van der Waals surface area contributed by atoms with Gasteiger partial charge in [0.15, 0.2) is 0 Å². The largest absolute Gasteiger partial charge is 0.497 e. The normalized spacial score (nSPS) is 14.1. The fourth-order valence-corrected chi connectivity index (χ4v) is 1.57. The first-order valence-electron chi connectivity index (χ1n) is 5.48. The molecule has 1 atom stereocenters. The van der Waals surface area contributed by atoms with Crippen molar-refractivity contribution in [3.05, 3.63) is 29.6 Å². The third-order valence-corrected chi connectivity index (χ3v) is 3.14. The Kier molecular flexibility index (Phi) is 4.10. The van der Waals surface area contributed by atoms with Gasteiger partial charge in [0.1, 0.15) is 11.6 Å². The number of hydrogen-bond acceptors (Lipinski definition) is 2. The molecule has 0 aliphatic heterocycles. The van der Waals surface area contributed by atoms with Crippen molar-refractivity contribution in [1.29, 1.82) is 0 Å². The molecule has 1 aromatic rings. The summed E-state index contributed by atoms with van der Waals surface area (Å²) in [6, 6.07) is 4.48. The topological polar surface area (TPSA) is 46.5 Å². The molecule has 94 valence electrons. The van der Waals surface area contributed by atoms with Crippen molar-refractivity contribution < 1.29 is 19.0 Å². The van der Waals surface area contributed by atoms with Crippen LogP contribution in [0.1, 0.15) is 25.8 Å². The van der Waals surface area contributed by atoms with E-state index in [1.807, 2.05) is 0 Å². The summed E-state index contributed by atoms with van der Waals surface area (Å²) in [4.78, 5) is 11.1. The molecule has 1 unspecified atom stereocenters. The average Bonchev–Trinajstić information content (AvgIpc) is 2.31. The molecular formula is C13H17FO3. The van der Waals surface area contributed by atoms with Gasteiger partial charge in [-0.2, -0.15) is 0 Å². The first kappa shape index (κ1) is 13.5. The third kappa shape index (κ3) is 2.96. The van der Waals surface area contributed by atoms with Crippen LogP contribution in [0.2, 0.25) is 0 Å². The van der Waals surface area contributed by atoms with Crippen LogP contribution in [-0.2, 0) is 11.2 Å². The van der Waals surface area contributed by atoms with Gasteiger partial charge in [0.2, 0.25) is 0 Å². The lowest BCUT2D eigenvalue weighted by Crippen LogP contribution is -2.29. The van der Waals surface area contributed by atoms with Crippen LogP contribution in [0.5, 0.6) is 5.75 Å². The second-order valence-electron chi connectivity index (χ2n) is 4.35. The van der Waals surface area contributed by atoms with Crippen molar-refractivity contribution in [3.8, 4) is 5.75 Å². The summed E-state index contributed by atoms with van der Waals surface area (Å²) in [6.07, 6.45) is 0.627. The van der Waals surface area contributed by atoms with Crippen LogP contribution in [0.15, 0.2) is 18.2 Å². The number of halogens is 1. The van der Waals surface area contributed by atoms with Crippen LogP contribution in [0.3, 0.4) is 0 Å². The number of carboxylic acid groups (broad SMARTS) is 1. The summed E-state index contributed by atoms with van der Waals surface area (Å²) in [5.74, 6) is -0.903. The van der Waals surface area contributed by atoms with Crippen molar-refractivity contribution in [1.82, 2.24) is 0 Å². The zero-order valence-electron chi connectivity index (χ0n) is 10.3. The van der Waals surface area contributed by atoms with Crippen molar-refractivity contribution >= 4 is 5.97 Å². The molecule has 0 saturated carbocycles. The van der Waals surface area contributed by atoms with Gasteiger partial charge in [-0.25, -0.2) is 4.39 Å². The number of methoxy groups -OCH3 is 1. The highest BCUT2D eigenvalue weighted by atomic mass is 19.1. The Balaban J connectivity index is 2.98. The molecular weight excluding hydrogens is 223 g/mol. The Bertz CT molecular complexity index is 417. The molecule has 1 aromatic carbocycles. The molecule has 0 amide bonds. The maximum absolute atomic E-state index is 13.7. The minimum atomic E-state index is -0.935. The summed E-state index contributed by atoms with van der Waals surface area (Å²) in [6.45, 7) is 3.41. The SMILES string of the molecule is CCC(C)(Cc1ccc(OC)cc1F)C(=O)O. The lowest BCUT2D eigenvalue weighted by molar-refractivity contribution is -0.148. The molecule has 0 radical (unpaired) electrons. The molecule has 4 heteroatoms. The predicted octanol–water partition coefficient (Wildman–Crippen LogP) is 2.88. The fraction of sp³-hybridized carbons (Fsp3) is 0.462. The van der Waals surface area contributed by atoms with Gasteiger partial charge in [0, 0.05) is 6.07 Å². The van der Waals surface area contributed by atoms with Gasteiger partial charge < -0.3 is 9.84 Å². The number of carbonyl (C=O) groups is 1.